The number of carbonyl (C=O) groups is 1. The molecule has 1 amide bonds. The third kappa shape index (κ3) is 4.25. The smallest absolute Gasteiger partial charge is 0.413 e. The van der Waals surface area contributed by atoms with Crippen molar-refractivity contribution in [2.45, 2.75) is 6.92 Å². The number of fused-ring (bicyclic) bond motifs is 1. The van der Waals surface area contributed by atoms with Crippen molar-refractivity contribution in [3.8, 4) is 11.1 Å². The van der Waals surface area contributed by atoms with Crippen molar-refractivity contribution in [2.75, 3.05) is 37.4 Å². The molecule has 9 nitrogen and oxygen atoms in total. The van der Waals surface area contributed by atoms with Crippen LogP contribution in [-0.4, -0.2) is 52.8 Å². The number of likely N-dealkylation sites (N-methyl/N-ethyl adjacent to an activating group) is 1. The predicted octanol–water partition coefficient (Wildman–Crippen LogP) is 2.22. The minimum Gasteiger partial charge on any atom is -0.450 e. The Kier molecular flexibility index (Phi) is 5.59. The maximum Gasteiger partial charge on any atom is 0.413 e. The summed E-state index contributed by atoms with van der Waals surface area (Å²) < 4.78 is 4.84. The molecule has 136 valence electrons. The number of amides is 1. The van der Waals surface area contributed by atoms with Crippen molar-refractivity contribution >= 4 is 29.0 Å². The van der Waals surface area contributed by atoms with E-state index in [2.05, 4.69) is 35.9 Å². The number of H-pyrrole nitrogens is 1. The van der Waals surface area contributed by atoms with Crippen LogP contribution in [0.1, 0.15) is 6.92 Å². The van der Waals surface area contributed by atoms with Gasteiger partial charge in [-0.05, 0) is 31.7 Å². The zero-order valence-electron chi connectivity index (χ0n) is 14.7. The number of aromatic amines is 1. The summed E-state index contributed by atoms with van der Waals surface area (Å²) in [5, 5.41) is 8.74. The SMILES string of the molecule is CCOC(=O)Nc1nc2ccc(-c3cnc(NCCNC)nc3)cc2[nH]1. The van der Waals surface area contributed by atoms with Crippen molar-refractivity contribution < 1.29 is 9.53 Å². The topological polar surface area (TPSA) is 117 Å². The molecule has 0 fully saturated rings. The van der Waals surface area contributed by atoms with Gasteiger partial charge in [0, 0.05) is 31.0 Å². The van der Waals surface area contributed by atoms with Crippen LogP contribution >= 0.6 is 0 Å². The second-order valence-corrected chi connectivity index (χ2v) is 5.49. The van der Waals surface area contributed by atoms with Crippen LogP contribution in [0.4, 0.5) is 16.7 Å². The van der Waals surface area contributed by atoms with Crippen LogP contribution in [0.2, 0.25) is 0 Å². The minimum atomic E-state index is -0.540. The van der Waals surface area contributed by atoms with Gasteiger partial charge in [0.25, 0.3) is 0 Å². The van der Waals surface area contributed by atoms with Gasteiger partial charge in [-0.1, -0.05) is 6.07 Å². The number of rotatable bonds is 7. The van der Waals surface area contributed by atoms with Gasteiger partial charge in [0.05, 0.1) is 17.6 Å². The molecule has 3 aromatic rings. The fourth-order valence-corrected chi connectivity index (χ4v) is 2.38. The molecule has 1 aromatic carbocycles. The first-order valence-corrected chi connectivity index (χ1v) is 8.34. The third-order valence-corrected chi connectivity index (χ3v) is 3.62. The standard InChI is InChI=1S/C17H21N7O2/c1-3-26-17(25)24-16-22-13-5-4-11(8-14(13)23-16)12-9-20-15(21-10-12)19-7-6-18-2/h4-5,8-10,18H,3,6-7H2,1-2H3,(H,19,20,21)(H2,22,23,24,25). The zero-order valence-corrected chi connectivity index (χ0v) is 14.7. The van der Waals surface area contributed by atoms with E-state index < -0.39 is 6.09 Å². The highest BCUT2D eigenvalue weighted by molar-refractivity contribution is 5.88. The molecule has 0 aliphatic heterocycles. The second-order valence-electron chi connectivity index (χ2n) is 5.49. The van der Waals surface area contributed by atoms with E-state index in [1.807, 2.05) is 25.2 Å². The monoisotopic (exact) mass is 355 g/mol. The summed E-state index contributed by atoms with van der Waals surface area (Å²) in [6, 6.07) is 5.74. The lowest BCUT2D eigenvalue weighted by Gasteiger charge is -2.05. The maximum atomic E-state index is 11.5. The fraction of sp³-hybridized carbons (Fsp3) is 0.294. The first-order chi connectivity index (χ1) is 12.7. The molecule has 26 heavy (non-hydrogen) atoms. The van der Waals surface area contributed by atoms with Gasteiger partial charge < -0.3 is 20.4 Å². The third-order valence-electron chi connectivity index (χ3n) is 3.62. The van der Waals surface area contributed by atoms with E-state index in [0.29, 0.717) is 18.5 Å². The van der Waals surface area contributed by atoms with E-state index in [1.165, 1.54) is 0 Å². The van der Waals surface area contributed by atoms with Crippen LogP contribution in [0.5, 0.6) is 0 Å². The van der Waals surface area contributed by atoms with Crippen molar-refractivity contribution in [1.29, 1.82) is 0 Å². The van der Waals surface area contributed by atoms with Gasteiger partial charge in [-0.25, -0.2) is 19.7 Å². The van der Waals surface area contributed by atoms with E-state index in [-0.39, 0.29) is 0 Å². The molecule has 0 saturated heterocycles. The summed E-state index contributed by atoms with van der Waals surface area (Å²) in [5.41, 5.74) is 3.38. The highest BCUT2D eigenvalue weighted by Gasteiger charge is 2.09. The number of nitrogens with one attached hydrogen (secondary N) is 4. The molecule has 2 aromatic heterocycles. The fourth-order valence-electron chi connectivity index (χ4n) is 2.38. The molecule has 0 spiro atoms. The first-order valence-electron chi connectivity index (χ1n) is 8.34. The molecule has 0 unspecified atom stereocenters. The number of benzene rings is 1. The number of hydrogen-bond acceptors (Lipinski definition) is 7. The number of hydrogen-bond donors (Lipinski definition) is 4. The minimum absolute atomic E-state index is 0.302. The summed E-state index contributed by atoms with van der Waals surface area (Å²) >= 11 is 0. The molecule has 0 aliphatic rings. The Labute approximate surface area is 150 Å². The van der Waals surface area contributed by atoms with E-state index in [9.17, 15) is 4.79 Å². The van der Waals surface area contributed by atoms with E-state index in [4.69, 9.17) is 4.74 Å². The molecule has 0 saturated carbocycles. The van der Waals surface area contributed by atoms with Gasteiger partial charge in [0.15, 0.2) is 0 Å². The van der Waals surface area contributed by atoms with Gasteiger partial charge in [-0.15, -0.1) is 0 Å². The van der Waals surface area contributed by atoms with Crippen molar-refractivity contribution in [3.63, 3.8) is 0 Å². The molecule has 2 heterocycles. The average molecular weight is 355 g/mol. The highest BCUT2D eigenvalue weighted by atomic mass is 16.5. The summed E-state index contributed by atoms with van der Waals surface area (Å²) in [4.78, 5) is 27.5. The number of aromatic nitrogens is 4. The average Bonchev–Trinajstić information content (AvgIpc) is 3.04. The number of ether oxygens (including phenoxy) is 1. The Morgan fingerprint density at radius 3 is 2.73 bits per heavy atom. The van der Waals surface area contributed by atoms with Gasteiger partial charge in [0.2, 0.25) is 11.9 Å². The van der Waals surface area contributed by atoms with E-state index >= 15 is 0 Å². The summed E-state index contributed by atoms with van der Waals surface area (Å²) in [6.07, 6.45) is 3.00. The normalized spacial score (nSPS) is 10.7. The van der Waals surface area contributed by atoms with E-state index in [0.717, 1.165) is 35.2 Å². The molecule has 0 aliphatic carbocycles. The quantitative estimate of drug-likeness (QED) is 0.480. The number of nitrogens with zero attached hydrogens (tertiary/aromatic N) is 3. The Balaban J connectivity index is 1.75. The lowest BCUT2D eigenvalue weighted by molar-refractivity contribution is 0.167. The Morgan fingerprint density at radius 2 is 2.00 bits per heavy atom. The number of anilines is 2. The van der Waals surface area contributed by atoms with Crippen molar-refractivity contribution in [3.05, 3.63) is 30.6 Å². The lowest BCUT2D eigenvalue weighted by Crippen LogP contribution is -2.18. The summed E-state index contributed by atoms with van der Waals surface area (Å²) in [6.45, 7) is 3.64. The molecule has 3 rings (SSSR count). The molecule has 0 atom stereocenters. The zero-order chi connectivity index (χ0) is 18.4. The molecule has 0 radical (unpaired) electrons. The van der Waals surface area contributed by atoms with Crippen LogP contribution in [-0.2, 0) is 4.74 Å². The van der Waals surface area contributed by atoms with Crippen LogP contribution in [0, 0.1) is 0 Å². The van der Waals surface area contributed by atoms with Crippen LogP contribution < -0.4 is 16.0 Å². The second kappa shape index (κ2) is 8.26. The number of carbonyl (C=O) groups excluding carboxylic acids is 1. The van der Waals surface area contributed by atoms with Crippen molar-refractivity contribution in [2.24, 2.45) is 0 Å². The lowest BCUT2D eigenvalue weighted by atomic mass is 10.1. The Morgan fingerprint density at radius 1 is 1.19 bits per heavy atom. The van der Waals surface area contributed by atoms with Crippen molar-refractivity contribution in [1.82, 2.24) is 25.3 Å². The maximum absolute atomic E-state index is 11.5. The van der Waals surface area contributed by atoms with E-state index in [1.54, 1.807) is 19.3 Å². The van der Waals surface area contributed by atoms with Gasteiger partial charge >= 0.3 is 6.09 Å². The largest absolute Gasteiger partial charge is 0.450 e. The van der Waals surface area contributed by atoms with Gasteiger partial charge in [-0.2, -0.15) is 0 Å². The molecule has 0 bridgehead atoms. The summed E-state index contributed by atoms with van der Waals surface area (Å²) in [7, 11) is 1.89. The Bertz CT molecular complexity index is 876. The summed E-state index contributed by atoms with van der Waals surface area (Å²) in [5.74, 6) is 0.934. The predicted molar refractivity (Wildman–Crippen MR) is 100 cm³/mol. The van der Waals surface area contributed by atoms with Gasteiger partial charge in [-0.3, -0.25) is 5.32 Å². The van der Waals surface area contributed by atoms with Crippen LogP contribution in [0.25, 0.3) is 22.2 Å². The van der Waals surface area contributed by atoms with Crippen LogP contribution in [0.15, 0.2) is 30.6 Å². The molecule has 4 N–H and O–H groups in total. The van der Waals surface area contributed by atoms with Crippen LogP contribution in [0.3, 0.4) is 0 Å². The number of imidazole rings is 1. The highest BCUT2D eigenvalue weighted by Crippen LogP contribution is 2.23. The van der Waals surface area contributed by atoms with Gasteiger partial charge in [0.1, 0.15) is 0 Å². The molecular formula is C17H21N7O2. The molecular weight excluding hydrogens is 334 g/mol. The first kappa shape index (κ1) is 17.6. The molecule has 9 heteroatoms. The Hall–Kier alpha value is -3.20.